The summed E-state index contributed by atoms with van der Waals surface area (Å²) in [4.78, 5) is 2.50. The number of hydrogen-bond donors (Lipinski definition) is 0. The first-order valence-electron chi connectivity index (χ1n) is 25.4. The highest BCUT2D eigenvalue weighted by molar-refractivity contribution is 7.25. The number of fused-ring (bicyclic) bond motifs is 23. The molecular weight excluding hydrogens is 903 g/mol. The van der Waals surface area contributed by atoms with Gasteiger partial charge in [0.2, 0.25) is 0 Å². The molecule has 0 fully saturated rings. The Morgan fingerprint density at radius 2 is 0.753 bits per heavy atom. The fourth-order valence-electron chi connectivity index (χ4n) is 13.5. The van der Waals surface area contributed by atoms with Crippen LogP contribution in [0.15, 0.2) is 237 Å². The van der Waals surface area contributed by atoms with Crippen molar-refractivity contribution in [3.63, 3.8) is 0 Å². The van der Waals surface area contributed by atoms with Crippen LogP contribution < -0.4 is 9.64 Å². The quantitative estimate of drug-likeness (QED) is 0.175. The molecule has 1 aromatic heterocycles. The zero-order valence-electron chi connectivity index (χ0n) is 40.3. The lowest BCUT2D eigenvalue weighted by atomic mass is 9.66. The van der Waals surface area contributed by atoms with E-state index in [1.54, 1.807) is 0 Å². The SMILES string of the molecule is CC1(C)c2ccccc2-c2ccc(N(c3ccc4c(c3)-c3ccccc3Oc3ccccc3-4)c3ccc4c(c3)-c3ccccc3-c3ccccc3C43c4ccccc4-c4cc5c(cc43)sc3ccccc35)cc21. The van der Waals surface area contributed by atoms with Gasteiger partial charge in [-0.1, -0.05) is 184 Å². The Balaban J connectivity index is 0.991. The first kappa shape index (κ1) is 40.9. The highest BCUT2D eigenvalue weighted by atomic mass is 32.1. The van der Waals surface area contributed by atoms with Crippen molar-refractivity contribution in [2.24, 2.45) is 0 Å². The average molecular weight is 948 g/mol. The second-order valence-corrected chi connectivity index (χ2v) is 21.8. The maximum atomic E-state index is 6.71. The summed E-state index contributed by atoms with van der Waals surface area (Å²) >= 11 is 1.90. The van der Waals surface area contributed by atoms with Gasteiger partial charge in [-0.2, -0.15) is 0 Å². The van der Waals surface area contributed by atoms with E-state index < -0.39 is 5.41 Å². The number of para-hydroxylation sites is 2. The van der Waals surface area contributed by atoms with Crippen molar-refractivity contribution >= 4 is 48.6 Å². The molecule has 0 bridgehead atoms. The Morgan fingerprint density at radius 1 is 0.301 bits per heavy atom. The molecule has 0 amide bonds. The van der Waals surface area contributed by atoms with E-state index in [9.17, 15) is 0 Å². The number of nitrogens with zero attached hydrogens (tertiary/aromatic N) is 1. The molecule has 4 aliphatic rings. The number of hydrogen-bond acceptors (Lipinski definition) is 3. The van der Waals surface area contributed by atoms with Crippen LogP contribution in [-0.4, -0.2) is 0 Å². The lowest BCUT2D eigenvalue weighted by Crippen LogP contribution is -2.29. The van der Waals surface area contributed by atoms with Crippen LogP contribution >= 0.6 is 11.3 Å². The third kappa shape index (κ3) is 5.52. The molecule has 73 heavy (non-hydrogen) atoms. The van der Waals surface area contributed by atoms with E-state index in [1.807, 2.05) is 11.3 Å². The normalized spacial score (nSPS) is 15.5. The van der Waals surface area contributed by atoms with E-state index in [2.05, 4.69) is 255 Å². The summed E-state index contributed by atoms with van der Waals surface area (Å²) in [5, 5.41) is 2.64. The number of thiophene rings is 1. The van der Waals surface area contributed by atoms with E-state index >= 15 is 0 Å². The topological polar surface area (TPSA) is 12.5 Å². The number of anilines is 3. The Hall–Kier alpha value is -8.76. The molecule has 0 saturated heterocycles. The Kier molecular flexibility index (Phi) is 8.35. The predicted octanol–water partition coefficient (Wildman–Crippen LogP) is 19.3. The highest BCUT2D eigenvalue weighted by Gasteiger charge is 2.50. The second kappa shape index (κ2) is 14.9. The summed E-state index contributed by atoms with van der Waals surface area (Å²) in [7, 11) is 0. The van der Waals surface area contributed by atoms with Gasteiger partial charge in [-0.3, -0.25) is 0 Å². The summed E-state index contributed by atoms with van der Waals surface area (Å²) in [6.07, 6.45) is 0. The number of rotatable bonds is 3. The minimum Gasteiger partial charge on any atom is -0.456 e. The third-order valence-corrected chi connectivity index (χ3v) is 17.8. The Morgan fingerprint density at radius 3 is 1.47 bits per heavy atom. The van der Waals surface area contributed by atoms with E-state index in [1.165, 1.54) is 98.1 Å². The van der Waals surface area contributed by atoms with Gasteiger partial charge in [-0.25, -0.2) is 0 Å². The zero-order chi connectivity index (χ0) is 48.2. The van der Waals surface area contributed by atoms with Gasteiger partial charge in [0.15, 0.2) is 0 Å². The second-order valence-electron chi connectivity index (χ2n) is 20.7. The summed E-state index contributed by atoms with van der Waals surface area (Å²) in [6.45, 7) is 4.76. The lowest BCUT2D eigenvalue weighted by molar-refractivity contribution is 0.488. The molecule has 0 radical (unpaired) electrons. The molecule has 1 spiro atoms. The van der Waals surface area contributed by atoms with Crippen LogP contribution in [-0.2, 0) is 10.8 Å². The minimum absolute atomic E-state index is 0.185. The molecule has 2 nitrogen and oxygen atoms in total. The van der Waals surface area contributed by atoms with Crippen LogP contribution in [0.5, 0.6) is 11.5 Å². The van der Waals surface area contributed by atoms with Crippen molar-refractivity contribution in [1.82, 2.24) is 0 Å². The van der Waals surface area contributed by atoms with Crippen LogP contribution in [0.2, 0.25) is 0 Å². The van der Waals surface area contributed by atoms with Crippen molar-refractivity contribution in [3.8, 4) is 78.3 Å². The molecule has 3 heteroatoms. The first-order valence-corrected chi connectivity index (χ1v) is 26.2. The zero-order valence-corrected chi connectivity index (χ0v) is 41.1. The van der Waals surface area contributed by atoms with Gasteiger partial charge in [0.05, 0.1) is 5.41 Å². The van der Waals surface area contributed by atoms with Crippen LogP contribution in [0.1, 0.15) is 47.2 Å². The molecule has 16 rings (SSSR count). The van der Waals surface area contributed by atoms with Gasteiger partial charge in [0.25, 0.3) is 0 Å². The molecule has 1 unspecified atom stereocenters. The van der Waals surface area contributed by atoms with Crippen LogP contribution in [0.25, 0.3) is 86.9 Å². The van der Waals surface area contributed by atoms with Gasteiger partial charge in [-0.05, 0) is 156 Å². The molecule has 342 valence electrons. The molecule has 0 saturated carbocycles. The molecule has 2 heterocycles. The van der Waals surface area contributed by atoms with Gasteiger partial charge in [0, 0.05) is 53.8 Å². The summed E-state index contributed by atoms with van der Waals surface area (Å²) in [5.41, 5.74) is 25.1. The molecule has 11 aromatic carbocycles. The highest BCUT2D eigenvalue weighted by Crippen LogP contribution is 2.63. The molecule has 1 aliphatic heterocycles. The van der Waals surface area contributed by atoms with E-state index in [0.29, 0.717) is 0 Å². The average Bonchev–Trinajstić information content (AvgIpc) is 3.96. The van der Waals surface area contributed by atoms with Crippen molar-refractivity contribution in [3.05, 3.63) is 270 Å². The maximum Gasteiger partial charge on any atom is 0.135 e. The van der Waals surface area contributed by atoms with Crippen LogP contribution in [0.4, 0.5) is 17.1 Å². The predicted molar refractivity (Wildman–Crippen MR) is 304 cm³/mol. The lowest BCUT2D eigenvalue weighted by Gasteiger charge is -2.36. The van der Waals surface area contributed by atoms with Crippen LogP contribution in [0, 0.1) is 0 Å². The molecule has 0 N–H and O–H groups in total. The smallest absolute Gasteiger partial charge is 0.135 e. The molecule has 12 aromatic rings. The molecular formula is C70H45NOS. The summed E-state index contributed by atoms with van der Waals surface area (Å²) < 4.78 is 9.35. The fraction of sp³-hybridized carbons (Fsp3) is 0.0571. The van der Waals surface area contributed by atoms with Gasteiger partial charge < -0.3 is 9.64 Å². The van der Waals surface area contributed by atoms with Crippen molar-refractivity contribution in [2.45, 2.75) is 24.7 Å². The van der Waals surface area contributed by atoms with E-state index in [4.69, 9.17) is 4.74 Å². The van der Waals surface area contributed by atoms with Crippen LogP contribution in [0.3, 0.4) is 0 Å². The van der Waals surface area contributed by atoms with E-state index in [0.717, 1.165) is 50.8 Å². The fourth-order valence-corrected chi connectivity index (χ4v) is 14.6. The number of benzene rings is 11. The molecule has 1 atom stereocenters. The standard InChI is InChI=1S/C70H45NOS/c1-69(2)59-25-11-5-20-49(59)51-35-32-44(39-63(51)69)71(42-31-34-47-52-22-8-14-28-65(52)72-66-29-15-9-23-53(66)55(47)37-42)43-33-36-62-56(38-43)46-18-4-3-17-45(46)48-19-6-12-26-60(48)70(62)61-27-13-7-21-50(61)57-40-58-54-24-10-16-30-67(54)73-68(58)41-64(57)70/h3-41H,1-2H3. The largest absolute Gasteiger partial charge is 0.456 e. The Bertz CT molecular complexity index is 4360. The maximum absolute atomic E-state index is 6.71. The summed E-state index contributed by atoms with van der Waals surface area (Å²) in [6, 6.07) is 88.9. The van der Waals surface area contributed by atoms with Crippen molar-refractivity contribution < 1.29 is 4.74 Å². The minimum atomic E-state index is -0.616. The molecule has 3 aliphatic carbocycles. The number of ether oxygens (including phenoxy) is 1. The van der Waals surface area contributed by atoms with Gasteiger partial charge >= 0.3 is 0 Å². The van der Waals surface area contributed by atoms with Gasteiger partial charge in [0.1, 0.15) is 11.5 Å². The summed E-state index contributed by atoms with van der Waals surface area (Å²) in [5.74, 6) is 1.72. The van der Waals surface area contributed by atoms with Crippen molar-refractivity contribution in [2.75, 3.05) is 4.90 Å². The van der Waals surface area contributed by atoms with Crippen molar-refractivity contribution in [1.29, 1.82) is 0 Å². The third-order valence-electron chi connectivity index (χ3n) is 16.7. The first-order chi connectivity index (χ1) is 35.9. The van der Waals surface area contributed by atoms with Gasteiger partial charge in [-0.15, -0.1) is 11.3 Å². The Labute approximate surface area is 428 Å². The van der Waals surface area contributed by atoms with E-state index in [-0.39, 0.29) is 5.41 Å². The monoisotopic (exact) mass is 947 g/mol.